The Morgan fingerprint density at radius 3 is 2.79 bits per heavy atom. The van der Waals surface area contributed by atoms with Crippen molar-refractivity contribution < 1.29 is 22.3 Å². The van der Waals surface area contributed by atoms with E-state index in [2.05, 4.69) is 40.7 Å². The van der Waals surface area contributed by atoms with Crippen LogP contribution in [0.3, 0.4) is 0 Å². The highest BCUT2D eigenvalue weighted by Gasteiger charge is 2.39. The van der Waals surface area contributed by atoms with Gasteiger partial charge in [0.2, 0.25) is 0 Å². The molecule has 5 aromatic rings. The molecule has 0 saturated heterocycles. The maximum absolute atomic E-state index is 15.5. The molecule has 4 aromatic heterocycles. The molecule has 0 fully saturated rings. The van der Waals surface area contributed by atoms with Gasteiger partial charge >= 0.3 is 6.18 Å². The van der Waals surface area contributed by atoms with Crippen molar-refractivity contribution in [3.8, 4) is 11.5 Å². The highest BCUT2D eigenvalue weighted by molar-refractivity contribution is 5.87. The highest BCUT2D eigenvalue weighted by Crippen LogP contribution is 2.43. The van der Waals surface area contributed by atoms with E-state index in [1.165, 1.54) is 41.7 Å². The molecule has 5 heterocycles. The van der Waals surface area contributed by atoms with Gasteiger partial charge in [-0.25, -0.2) is 33.8 Å². The molecule has 0 unspecified atom stereocenters. The fourth-order valence-electron chi connectivity index (χ4n) is 4.28. The summed E-state index contributed by atoms with van der Waals surface area (Å²) >= 11 is 0. The molecule has 10 nitrogen and oxygen atoms in total. The highest BCUT2D eigenvalue weighted by atomic mass is 19.4. The first-order valence-electron chi connectivity index (χ1n) is 11.8. The third-order valence-corrected chi connectivity index (χ3v) is 6.10. The second-order valence-corrected chi connectivity index (χ2v) is 8.78. The molecule has 2 N–H and O–H groups in total. The third kappa shape index (κ3) is 4.81. The first-order chi connectivity index (χ1) is 18.8. The number of alkyl halides is 3. The van der Waals surface area contributed by atoms with E-state index in [1.54, 1.807) is 0 Å². The average molecular weight is 537 g/mol. The summed E-state index contributed by atoms with van der Waals surface area (Å²) < 4.78 is 64.4. The molecule has 1 atom stereocenters. The van der Waals surface area contributed by atoms with E-state index in [0.717, 1.165) is 24.3 Å². The summed E-state index contributed by atoms with van der Waals surface area (Å²) in [6.07, 6.45) is 3.08. The van der Waals surface area contributed by atoms with Gasteiger partial charge in [0, 0.05) is 18.3 Å². The van der Waals surface area contributed by atoms with Gasteiger partial charge in [-0.1, -0.05) is 6.08 Å². The minimum atomic E-state index is -5.06. The molecule has 0 aliphatic carbocycles. The number of hydrogen-bond donors (Lipinski definition) is 2. The van der Waals surface area contributed by atoms with Crippen LogP contribution in [0, 0.1) is 5.82 Å². The SMILES string of the molecule is C[C@H]1C=C(c2ncc3ncnc(Nc4ccc(Oc5ccn6ncnc6c5)c(C(F)(F)F)c4F)c3n2)CCN1. The van der Waals surface area contributed by atoms with Gasteiger partial charge in [0.25, 0.3) is 0 Å². The molecule has 0 saturated carbocycles. The topological polar surface area (TPSA) is 115 Å². The Labute approximate surface area is 217 Å². The number of anilines is 2. The number of halogens is 4. The summed E-state index contributed by atoms with van der Waals surface area (Å²) in [4.78, 5) is 21.1. The smallest absolute Gasteiger partial charge is 0.422 e. The van der Waals surface area contributed by atoms with Crippen molar-refractivity contribution in [3.63, 3.8) is 0 Å². The Hall–Kier alpha value is -4.72. The van der Waals surface area contributed by atoms with Gasteiger partial charge in [-0.2, -0.15) is 18.3 Å². The number of aromatic nitrogens is 7. The average Bonchev–Trinajstić information content (AvgIpc) is 3.37. The van der Waals surface area contributed by atoms with Crippen LogP contribution in [-0.2, 0) is 6.18 Å². The van der Waals surface area contributed by atoms with Gasteiger partial charge in [-0.15, -0.1) is 0 Å². The quantitative estimate of drug-likeness (QED) is 0.302. The molecule has 0 radical (unpaired) electrons. The largest absolute Gasteiger partial charge is 0.456 e. The lowest BCUT2D eigenvalue weighted by atomic mass is 10.0. The van der Waals surface area contributed by atoms with Crippen molar-refractivity contribution in [2.45, 2.75) is 25.6 Å². The molecule has 0 spiro atoms. The Morgan fingerprint density at radius 2 is 1.97 bits per heavy atom. The van der Waals surface area contributed by atoms with Crippen LogP contribution >= 0.6 is 0 Å². The van der Waals surface area contributed by atoms with Gasteiger partial charge in [0.15, 0.2) is 23.1 Å². The monoisotopic (exact) mass is 537 g/mol. The van der Waals surface area contributed by atoms with Gasteiger partial charge < -0.3 is 15.4 Å². The number of nitrogens with one attached hydrogen (secondary N) is 2. The summed E-state index contributed by atoms with van der Waals surface area (Å²) in [7, 11) is 0. The molecule has 0 bridgehead atoms. The van der Waals surface area contributed by atoms with Crippen molar-refractivity contribution in [2.75, 3.05) is 11.9 Å². The normalized spacial score (nSPS) is 15.9. The fraction of sp³-hybridized carbons (Fsp3) is 0.200. The number of fused-ring (bicyclic) bond motifs is 2. The van der Waals surface area contributed by atoms with Crippen LogP contribution in [0.15, 0.2) is 55.4 Å². The maximum Gasteiger partial charge on any atom is 0.422 e. The summed E-state index contributed by atoms with van der Waals surface area (Å²) in [5.74, 6) is -1.76. The van der Waals surface area contributed by atoms with Crippen LogP contribution in [0.4, 0.5) is 29.1 Å². The molecule has 1 aromatic carbocycles. The standard InChI is InChI=1S/C25H19F4N9O/c1-13-8-14(4-6-30-13)23-31-10-17-22(37-23)24(34-11-32-17)36-16-2-3-18(20(21(16)26)25(27,28)29)39-15-5-7-38-19(9-15)33-12-35-38/h2-3,5,7-13,30H,4,6H2,1H3,(H,32,34,36)/t13-/m0/s1. The maximum atomic E-state index is 15.5. The number of nitrogens with zero attached hydrogens (tertiary/aromatic N) is 7. The Morgan fingerprint density at radius 1 is 1.10 bits per heavy atom. The number of benzene rings is 1. The van der Waals surface area contributed by atoms with E-state index in [-0.39, 0.29) is 23.1 Å². The van der Waals surface area contributed by atoms with Crippen LogP contribution in [-0.4, -0.2) is 47.1 Å². The number of hydrogen-bond acceptors (Lipinski definition) is 9. The first-order valence-corrected chi connectivity index (χ1v) is 11.8. The van der Waals surface area contributed by atoms with Crippen molar-refractivity contribution in [1.29, 1.82) is 0 Å². The number of ether oxygens (including phenoxy) is 1. The second-order valence-electron chi connectivity index (χ2n) is 8.78. The molecular weight excluding hydrogens is 518 g/mol. The molecule has 198 valence electrons. The fourth-order valence-corrected chi connectivity index (χ4v) is 4.28. The molecule has 0 amide bonds. The molecule has 6 rings (SSSR count). The van der Waals surface area contributed by atoms with Crippen LogP contribution in [0.5, 0.6) is 11.5 Å². The van der Waals surface area contributed by atoms with E-state index >= 15 is 4.39 Å². The van der Waals surface area contributed by atoms with E-state index in [4.69, 9.17) is 4.74 Å². The van der Waals surface area contributed by atoms with Gasteiger partial charge in [-0.3, -0.25) is 0 Å². The lowest BCUT2D eigenvalue weighted by Crippen LogP contribution is -2.29. The summed E-state index contributed by atoms with van der Waals surface area (Å²) in [5, 5.41) is 9.87. The third-order valence-electron chi connectivity index (χ3n) is 6.10. The minimum Gasteiger partial charge on any atom is -0.456 e. The van der Waals surface area contributed by atoms with Gasteiger partial charge in [0.05, 0.1) is 11.9 Å². The zero-order valence-electron chi connectivity index (χ0n) is 20.2. The van der Waals surface area contributed by atoms with Crippen LogP contribution < -0.4 is 15.4 Å². The summed E-state index contributed by atoms with van der Waals surface area (Å²) in [5.41, 5.74) is -0.182. The number of pyridine rings is 1. The lowest BCUT2D eigenvalue weighted by molar-refractivity contribution is -0.140. The predicted molar refractivity (Wildman–Crippen MR) is 133 cm³/mol. The summed E-state index contributed by atoms with van der Waals surface area (Å²) in [6, 6.07) is 5.09. The van der Waals surface area contributed by atoms with E-state index in [1.807, 2.05) is 13.0 Å². The zero-order chi connectivity index (χ0) is 27.1. The Kier molecular flexibility index (Phi) is 6.02. The van der Waals surface area contributed by atoms with Gasteiger partial charge in [0.1, 0.15) is 40.8 Å². The molecule has 14 heteroatoms. The van der Waals surface area contributed by atoms with Crippen molar-refractivity contribution in [3.05, 3.63) is 72.6 Å². The molecular formula is C25H19F4N9O. The van der Waals surface area contributed by atoms with Crippen molar-refractivity contribution in [1.82, 2.24) is 39.9 Å². The van der Waals surface area contributed by atoms with Crippen molar-refractivity contribution in [2.24, 2.45) is 0 Å². The van der Waals surface area contributed by atoms with Crippen LogP contribution in [0.25, 0.3) is 22.3 Å². The van der Waals surface area contributed by atoms with E-state index in [9.17, 15) is 13.2 Å². The first kappa shape index (κ1) is 24.6. The van der Waals surface area contributed by atoms with Gasteiger partial charge in [-0.05, 0) is 43.7 Å². The van der Waals surface area contributed by atoms with Crippen LogP contribution in [0.1, 0.15) is 24.7 Å². The van der Waals surface area contributed by atoms with E-state index in [0.29, 0.717) is 23.4 Å². The number of rotatable bonds is 5. The minimum absolute atomic E-state index is 0.0317. The second kappa shape index (κ2) is 9.54. The molecule has 1 aliphatic rings. The van der Waals surface area contributed by atoms with E-state index < -0.39 is 29.0 Å². The molecule has 1 aliphatic heterocycles. The molecule has 39 heavy (non-hydrogen) atoms. The Bertz CT molecular complexity index is 1730. The van der Waals surface area contributed by atoms with Crippen LogP contribution in [0.2, 0.25) is 0 Å². The zero-order valence-corrected chi connectivity index (χ0v) is 20.2. The predicted octanol–water partition coefficient (Wildman–Crippen LogP) is 4.92. The Balaban J connectivity index is 1.37. The van der Waals surface area contributed by atoms with Crippen molar-refractivity contribution >= 4 is 33.8 Å². The summed E-state index contributed by atoms with van der Waals surface area (Å²) in [6.45, 7) is 2.75. The lowest BCUT2D eigenvalue weighted by Gasteiger charge is -2.19.